The van der Waals surface area contributed by atoms with Crippen molar-refractivity contribution in [2.75, 3.05) is 26.2 Å². The molecule has 1 spiro atoms. The molecule has 1 saturated heterocycles. The van der Waals surface area contributed by atoms with Crippen molar-refractivity contribution in [2.24, 2.45) is 5.41 Å². The zero-order valence-corrected chi connectivity index (χ0v) is 6.90. The van der Waals surface area contributed by atoms with Crippen molar-refractivity contribution in [2.45, 2.75) is 12.8 Å². The molecule has 0 unspecified atom stereocenters. The molecule has 2 aliphatic heterocycles. The number of piperidine rings is 1. The van der Waals surface area contributed by atoms with Crippen molar-refractivity contribution in [3.63, 3.8) is 0 Å². The predicted octanol–water partition coefficient (Wildman–Crippen LogP) is 0.516. The first-order valence-corrected chi connectivity index (χ1v) is 4.51. The first-order valence-electron chi connectivity index (χ1n) is 4.51. The van der Waals surface area contributed by atoms with Crippen LogP contribution in [0.4, 0.5) is 0 Å². The third-order valence-electron chi connectivity index (χ3n) is 2.81. The zero-order valence-electron chi connectivity index (χ0n) is 6.90. The first kappa shape index (κ1) is 7.32. The van der Waals surface area contributed by atoms with Gasteiger partial charge in [0.15, 0.2) is 0 Å². The van der Waals surface area contributed by atoms with E-state index in [9.17, 15) is 0 Å². The molecule has 0 aromatic heterocycles. The van der Waals surface area contributed by atoms with Crippen LogP contribution in [0.1, 0.15) is 12.8 Å². The van der Waals surface area contributed by atoms with Crippen molar-refractivity contribution in [3.05, 3.63) is 12.2 Å². The summed E-state index contributed by atoms with van der Waals surface area (Å²) >= 11 is 0. The Bertz CT molecular complexity index is 157. The fourth-order valence-electron chi connectivity index (χ4n) is 2.04. The van der Waals surface area contributed by atoms with E-state index in [1.165, 1.54) is 32.5 Å². The Morgan fingerprint density at radius 3 is 2.55 bits per heavy atom. The standard InChI is InChI=1S/C9H16N2/c1-2-9(8-11-5-1)3-6-10-7-4-9/h1-2,10-11H,3-8H2. The van der Waals surface area contributed by atoms with Crippen molar-refractivity contribution < 1.29 is 0 Å². The molecule has 62 valence electrons. The van der Waals surface area contributed by atoms with Crippen molar-refractivity contribution >= 4 is 0 Å². The van der Waals surface area contributed by atoms with Gasteiger partial charge in [0.05, 0.1) is 0 Å². The van der Waals surface area contributed by atoms with Gasteiger partial charge in [0.2, 0.25) is 0 Å². The van der Waals surface area contributed by atoms with E-state index in [4.69, 9.17) is 0 Å². The van der Waals surface area contributed by atoms with E-state index in [1.807, 2.05) is 0 Å². The monoisotopic (exact) mass is 152 g/mol. The maximum absolute atomic E-state index is 3.43. The maximum Gasteiger partial charge on any atom is 0.0135 e. The summed E-state index contributed by atoms with van der Waals surface area (Å²) in [6, 6.07) is 0. The molecule has 0 atom stereocenters. The molecule has 2 aliphatic rings. The summed E-state index contributed by atoms with van der Waals surface area (Å²) in [5, 5.41) is 6.83. The summed E-state index contributed by atoms with van der Waals surface area (Å²) in [6.07, 6.45) is 7.30. The molecular formula is C9H16N2. The lowest BCUT2D eigenvalue weighted by Gasteiger charge is -2.37. The Morgan fingerprint density at radius 1 is 1.09 bits per heavy atom. The van der Waals surface area contributed by atoms with Crippen LogP contribution in [0.25, 0.3) is 0 Å². The summed E-state index contributed by atoms with van der Waals surface area (Å²) in [5.41, 5.74) is 0.503. The molecule has 1 fully saturated rings. The van der Waals surface area contributed by atoms with Gasteiger partial charge in [-0.05, 0) is 25.9 Å². The summed E-state index contributed by atoms with van der Waals surface area (Å²) in [4.78, 5) is 0. The second kappa shape index (κ2) is 2.95. The lowest BCUT2D eigenvalue weighted by Crippen LogP contribution is -2.44. The third kappa shape index (κ3) is 1.47. The minimum absolute atomic E-state index is 0.503. The molecule has 0 bridgehead atoms. The lowest BCUT2D eigenvalue weighted by molar-refractivity contribution is 0.255. The average Bonchev–Trinajstić information content (AvgIpc) is 2.07. The Balaban J connectivity index is 2.06. The fraction of sp³-hybridized carbons (Fsp3) is 0.778. The summed E-state index contributed by atoms with van der Waals surface area (Å²) in [5.74, 6) is 0. The summed E-state index contributed by atoms with van der Waals surface area (Å²) in [7, 11) is 0. The Morgan fingerprint density at radius 2 is 1.91 bits per heavy atom. The van der Waals surface area contributed by atoms with E-state index in [2.05, 4.69) is 22.8 Å². The van der Waals surface area contributed by atoms with Crippen LogP contribution in [0.2, 0.25) is 0 Å². The third-order valence-corrected chi connectivity index (χ3v) is 2.81. The number of hydrogen-bond donors (Lipinski definition) is 2. The van der Waals surface area contributed by atoms with Crippen LogP contribution in [0, 0.1) is 5.41 Å². The maximum atomic E-state index is 3.43. The van der Waals surface area contributed by atoms with Crippen LogP contribution in [-0.2, 0) is 0 Å². The quantitative estimate of drug-likeness (QED) is 0.494. The zero-order chi connectivity index (χ0) is 7.57. The smallest absolute Gasteiger partial charge is 0.0135 e. The second-order valence-electron chi connectivity index (χ2n) is 3.65. The molecule has 0 aromatic rings. The highest BCUT2D eigenvalue weighted by atomic mass is 14.9. The molecule has 2 nitrogen and oxygen atoms in total. The van der Waals surface area contributed by atoms with E-state index in [0.717, 1.165) is 6.54 Å². The van der Waals surface area contributed by atoms with Gasteiger partial charge in [-0.1, -0.05) is 12.2 Å². The number of rotatable bonds is 0. The summed E-state index contributed by atoms with van der Waals surface area (Å²) < 4.78 is 0. The molecule has 0 aliphatic carbocycles. The molecule has 2 N–H and O–H groups in total. The topological polar surface area (TPSA) is 24.1 Å². The van der Waals surface area contributed by atoms with Gasteiger partial charge in [-0.3, -0.25) is 0 Å². The van der Waals surface area contributed by atoms with E-state index in [1.54, 1.807) is 0 Å². The van der Waals surface area contributed by atoms with E-state index < -0.39 is 0 Å². The molecule has 11 heavy (non-hydrogen) atoms. The van der Waals surface area contributed by atoms with Crippen LogP contribution in [-0.4, -0.2) is 26.2 Å². The molecule has 0 aromatic carbocycles. The van der Waals surface area contributed by atoms with Gasteiger partial charge < -0.3 is 10.6 Å². The predicted molar refractivity (Wildman–Crippen MR) is 46.5 cm³/mol. The minimum Gasteiger partial charge on any atom is -0.317 e. The van der Waals surface area contributed by atoms with Gasteiger partial charge in [0.25, 0.3) is 0 Å². The van der Waals surface area contributed by atoms with Crippen LogP contribution >= 0.6 is 0 Å². The average molecular weight is 152 g/mol. The number of hydrogen-bond acceptors (Lipinski definition) is 2. The van der Waals surface area contributed by atoms with Gasteiger partial charge in [0, 0.05) is 18.5 Å². The summed E-state index contributed by atoms with van der Waals surface area (Å²) in [6.45, 7) is 4.62. The van der Waals surface area contributed by atoms with Gasteiger partial charge in [0.1, 0.15) is 0 Å². The van der Waals surface area contributed by atoms with Crippen LogP contribution in [0.3, 0.4) is 0 Å². The SMILES string of the molecule is C1=CC2(CCNCC2)CNC1. The fourth-order valence-corrected chi connectivity index (χ4v) is 2.04. The highest BCUT2D eigenvalue weighted by Gasteiger charge is 2.29. The Hall–Kier alpha value is -0.340. The minimum atomic E-state index is 0.503. The molecule has 0 saturated carbocycles. The normalized spacial score (nSPS) is 29.1. The lowest BCUT2D eigenvalue weighted by atomic mass is 9.77. The van der Waals surface area contributed by atoms with Crippen LogP contribution < -0.4 is 10.6 Å². The molecule has 0 amide bonds. The van der Waals surface area contributed by atoms with E-state index in [-0.39, 0.29) is 0 Å². The van der Waals surface area contributed by atoms with Crippen molar-refractivity contribution in [1.82, 2.24) is 10.6 Å². The molecule has 2 heterocycles. The highest BCUT2D eigenvalue weighted by molar-refractivity contribution is 5.07. The van der Waals surface area contributed by atoms with Gasteiger partial charge >= 0.3 is 0 Å². The Labute approximate surface area is 68.1 Å². The van der Waals surface area contributed by atoms with Gasteiger partial charge in [-0.15, -0.1) is 0 Å². The molecular weight excluding hydrogens is 136 g/mol. The van der Waals surface area contributed by atoms with Gasteiger partial charge in [-0.25, -0.2) is 0 Å². The largest absolute Gasteiger partial charge is 0.317 e. The molecule has 0 radical (unpaired) electrons. The van der Waals surface area contributed by atoms with Gasteiger partial charge in [-0.2, -0.15) is 0 Å². The number of nitrogens with one attached hydrogen (secondary N) is 2. The van der Waals surface area contributed by atoms with E-state index in [0.29, 0.717) is 5.41 Å². The Kier molecular flexibility index (Phi) is 1.96. The van der Waals surface area contributed by atoms with Crippen LogP contribution in [0.15, 0.2) is 12.2 Å². The molecule has 2 rings (SSSR count). The second-order valence-corrected chi connectivity index (χ2v) is 3.65. The highest BCUT2D eigenvalue weighted by Crippen LogP contribution is 2.30. The molecule has 2 heteroatoms. The first-order chi connectivity index (χ1) is 5.41. The van der Waals surface area contributed by atoms with Crippen LogP contribution in [0.5, 0.6) is 0 Å². The van der Waals surface area contributed by atoms with Crippen molar-refractivity contribution in [1.29, 1.82) is 0 Å². The van der Waals surface area contributed by atoms with Crippen molar-refractivity contribution in [3.8, 4) is 0 Å². The van der Waals surface area contributed by atoms with E-state index >= 15 is 0 Å².